The average molecular weight is 372 g/mol. The molecule has 0 spiro atoms. The molecule has 0 unspecified atom stereocenters. The van der Waals surface area contributed by atoms with Gasteiger partial charge in [0, 0.05) is 17.1 Å². The molecule has 0 aliphatic heterocycles. The number of aromatic nitrogens is 1. The van der Waals surface area contributed by atoms with Crippen LogP contribution in [0.3, 0.4) is 0 Å². The molecule has 2 aromatic heterocycles. The number of fused-ring (bicyclic) bond motifs is 1. The Hall–Kier alpha value is -2.51. The van der Waals surface area contributed by atoms with Gasteiger partial charge in [-0.3, -0.25) is 4.79 Å². The fourth-order valence-electron chi connectivity index (χ4n) is 2.56. The maximum absolute atomic E-state index is 12.9. The van der Waals surface area contributed by atoms with Crippen LogP contribution in [0.5, 0.6) is 5.75 Å². The van der Waals surface area contributed by atoms with Gasteiger partial charge in [-0.05, 0) is 31.4 Å². The molecule has 1 atom stereocenters. The van der Waals surface area contributed by atoms with Crippen LogP contribution >= 0.6 is 11.3 Å². The van der Waals surface area contributed by atoms with Crippen LogP contribution < -0.4 is 15.9 Å². The number of hydrogen-bond acceptors (Lipinski definition) is 7. The summed E-state index contributed by atoms with van der Waals surface area (Å²) < 4.78 is 11.0. The predicted octanol–water partition coefficient (Wildman–Crippen LogP) is 3.42. The number of esters is 1. The van der Waals surface area contributed by atoms with E-state index in [2.05, 4.69) is 4.98 Å². The Balaban J connectivity index is 2.03. The Morgan fingerprint density at radius 1 is 1.31 bits per heavy atom. The Morgan fingerprint density at radius 3 is 2.65 bits per heavy atom. The highest BCUT2D eigenvalue weighted by atomic mass is 32.1. The van der Waals surface area contributed by atoms with Crippen LogP contribution in [0.4, 0.5) is 0 Å². The van der Waals surface area contributed by atoms with E-state index < -0.39 is 12.0 Å². The van der Waals surface area contributed by atoms with Crippen molar-refractivity contribution in [3.8, 4) is 16.3 Å². The summed E-state index contributed by atoms with van der Waals surface area (Å²) >= 11 is 1.39. The molecule has 2 heterocycles. The largest absolute Gasteiger partial charge is 0.463 e. The quantitative estimate of drug-likeness (QED) is 0.557. The first-order chi connectivity index (χ1) is 12.3. The van der Waals surface area contributed by atoms with Crippen LogP contribution in [0.2, 0.25) is 0 Å². The van der Waals surface area contributed by atoms with Crippen LogP contribution in [0.15, 0.2) is 33.0 Å². The number of nitrogens with two attached hydrogens (primary N) is 1. The fraction of sp³-hybridized carbons (Fsp3) is 0.316. The molecule has 0 aliphatic rings. The fourth-order valence-corrected chi connectivity index (χ4v) is 3.36. The van der Waals surface area contributed by atoms with Crippen molar-refractivity contribution in [1.82, 2.24) is 4.98 Å². The first-order valence-electron chi connectivity index (χ1n) is 8.24. The van der Waals surface area contributed by atoms with Gasteiger partial charge in [0.05, 0.1) is 10.9 Å². The lowest BCUT2D eigenvalue weighted by molar-refractivity contribution is -0.136. The number of ether oxygens (including phenoxy) is 1. The standard InChI is InChI=1S/C19H20N2O4S/c1-9(2)16(20)19(23)25-12-5-10(3)15-14(6-12)24-7-13(17(15)22)18-21-11(4)8-26-18/h5-9,16H,20H2,1-4H3/t16-/m1/s1. The number of hydrogen-bond donors (Lipinski definition) is 1. The van der Waals surface area contributed by atoms with Gasteiger partial charge in [-0.15, -0.1) is 11.3 Å². The molecule has 0 fully saturated rings. The van der Waals surface area contributed by atoms with Gasteiger partial charge in [0.15, 0.2) is 0 Å². The SMILES string of the molecule is Cc1csc(-c2coc3cc(OC(=O)[C@H](N)C(C)C)cc(C)c3c2=O)n1. The zero-order chi connectivity index (χ0) is 19.0. The van der Waals surface area contributed by atoms with Crippen molar-refractivity contribution in [1.29, 1.82) is 0 Å². The molecule has 136 valence electrons. The van der Waals surface area contributed by atoms with Crippen molar-refractivity contribution in [2.24, 2.45) is 11.7 Å². The second-order valence-electron chi connectivity index (χ2n) is 6.58. The van der Waals surface area contributed by atoms with E-state index in [1.54, 1.807) is 13.0 Å². The Kier molecular flexibility index (Phi) is 4.93. The molecule has 0 radical (unpaired) electrons. The minimum Gasteiger partial charge on any atom is -0.463 e. The highest BCUT2D eigenvalue weighted by molar-refractivity contribution is 7.13. The molecule has 26 heavy (non-hydrogen) atoms. The van der Waals surface area contributed by atoms with E-state index in [9.17, 15) is 9.59 Å². The van der Waals surface area contributed by atoms with Crippen molar-refractivity contribution in [2.75, 3.05) is 0 Å². The summed E-state index contributed by atoms with van der Waals surface area (Å²) in [7, 11) is 0. The molecule has 6 nitrogen and oxygen atoms in total. The summed E-state index contributed by atoms with van der Waals surface area (Å²) in [5.41, 5.74) is 7.95. The minimum atomic E-state index is -0.714. The zero-order valence-corrected chi connectivity index (χ0v) is 15.8. The van der Waals surface area contributed by atoms with Crippen molar-refractivity contribution in [3.05, 3.63) is 45.3 Å². The van der Waals surface area contributed by atoms with Crippen LogP contribution in [0, 0.1) is 19.8 Å². The number of rotatable bonds is 4. The lowest BCUT2D eigenvalue weighted by atomic mass is 10.1. The number of nitrogens with zero attached hydrogens (tertiary/aromatic N) is 1. The van der Waals surface area contributed by atoms with E-state index in [1.165, 1.54) is 23.7 Å². The predicted molar refractivity (Wildman–Crippen MR) is 102 cm³/mol. The Bertz CT molecular complexity index is 1040. The van der Waals surface area contributed by atoms with Gasteiger partial charge >= 0.3 is 5.97 Å². The molecule has 0 saturated carbocycles. The molecule has 0 amide bonds. The zero-order valence-electron chi connectivity index (χ0n) is 15.0. The monoisotopic (exact) mass is 372 g/mol. The van der Waals surface area contributed by atoms with E-state index in [0.717, 1.165) is 5.69 Å². The minimum absolute atomic E-state index is 0.0358. The topological polar surface area (TPSA) is 95.4 Å². The third-order valence-corrected chi connectivity index (χ3v) is 5.10. The first kappa shape index (κ1) is 18.3. The van der Waals surface area contributed by atoms with E-state index in [1.807, 2.05) is 26.2 Å². The molecule has 0 bridgehead atoms. The number of carbonyl (C=O) groups excluding carboxylic acids is 1. The summed E-state index contributed by atoms with van der Waals surface area (Å²) in [6.07, 6.45) is 1.40. The molecule has 7 heteroatoms. The summed E-state index contributed by atoms with van der Waals surface area (Å²) in [5.74, 6) is -0.251. The number of aryl methyl sites for hydroxylation is 2. The van der Waals surface area contributed by atoms with Crippen LogP contribution in [0.25, 0.3) is 21.5 Å². The lowest BCUT2D eigenvalue weighted by Gasteiger charge is -2.14. The van der Waals surface area contributed by atoms with E-state index >= 15 is 0 Å². The summed E-state index contributed by atoms with van der Waals surface area (Å²) in [4.78, 5) is 29.3. The Labute approximate surface area is 154 Å². The smallest absolute Gasteiger partial charge is 0.328 e. The Morgan fingerprint density at radius 2 is 2.04 bits per heavy atom. The van der Waals surface area contributed by atoms with Crippen LogP contribution in [0.1, 0.15) is 25.1 Å². The molecule has 3 rings (SSSR count). The van der Waals surface area contributed by atoms with Gasteiger partial charge in [-0.1, -0.05) is 13.8 Å². The summed E-state index contributed by atoms with van der Waals surface area (Å²) in [6.45, 7) is 7.34. The molecule has 3 aromatic rings. The first-order valence-corrected chi connectivity index (χ1v) is 9.12. The molecule has 0 aliphatic carbocycles. The van der Waals surface area contributed by atoms with Gasteiger partial charge in [0.2, 0.25) is 5.43 Å². The van der Waals surface area contributed by atoms with E-state index in [4.69, 9.17) is 14.9 Å². The van der Waals surface area contributed by atoms with Gasteiger partial charge in [-0.25, -0.2) is 9.78 Å². The average Bonchev–Trinajstić information content (AvgIpc) is 3.00. The highest BCUT2D eigenvalue weighted by Crippen LogP contribution is 2.27. The summed E-state index contributed by atoms with van der Waals surface area (Å²) in [5, 5.41) is 2.95. The van der Waals surface area contributed by atoms with Gasteiger partial charge in [0.1, 0.15) is 28.6 Å². The van der Waals surface area contributed by atoms with Crippen molar-refractivity contribution < 1.29 is 13.9 Å². The van der Waals surface area contributed by atoms with E-state index in [-0.39, 0.29) is 11.3 Å². The lowest BCUT2D eigenvalue weighted by Crippen LogP contribution is -2.38. The van der Waals surface area contributed by atoms with Gasteiger partial charge in [0.25, 0.3) is 0 Å². The van der Waals surface area contributed by atoms with Gasteiger partial charge in [-0.2, -0.15) is 0 Å². The highest BCUT2D eigenvalue weighted by Gasteiger charge is 2.21. The maximum Gasteiger partial charge on any atom is 0.328 e. The third-order valence-electron chi connectivity index (χ3n) is 4.11. The molecule has 2 N–H and O–H groups in total. The number of carbonyl (C=O) groups is 1. The van der Waals surface area contributed by atoms with Crippen molar-refractivity contribution >= 4 is 28.3 Å². The third kappa shape index (κ3) is 3.40. The summed E-state index contributed by atoms with van der Waals surface area (Å²) in [6, 6.07) is 2.46. The second-order valence-corrected chi connectivity index (χ2v) is 7.43. The molecular formula is C19H20N2O4S. The van der Waals surface area contributed by atoms with Gasteiger partial charge < -0.3 is 14.9 Å². The molecule has 1 aromatic carbocycles. The van der Waals surface area contributed by atoms with E-state index in [0.29, 0.717) is 32.9 Å². The maximum atomic E-state index is 12.9. The van der Waals surface area contributed by atoms with Crippen LogP contribution in [-0.2, 0) is 4.79 Å². The van der Waals surface area contributed by atoms with Crippen LogP contribution in [-0.4, -0.2) is 17.0 Å². The van der Waals surface area contributed by atoms with Crippen molar-refractivity contribution in [2.45, 2.75) is 33.7 Å². The normalized spacial score (nSPS) is 12.5. The van der Waals surface area contributed by atoms with Crippen molar-refractivity contribution in [3.63, 3.8) is 0 Å². The number of benzene rings is 1. The number of thiazole rings is 1. The second kappa shape index (κ2) is 7.01. The molecular weight excluding hydrogens is 352 g/mol. The molecule has 0 saturated heterocycles.